The summed E-state index contributed by atoms with van der Waals surface area (Å²) < 4.78 is 55.6. The number of alkyl halides is 3. The second kappa shape index (κ2) is 8.36. The molecule has 0 aliphatic heterocycles. The molecule has 158 valence electrons. The minimum absolute atomic E-state index is 0.158. The molecule has 0 aliphatic rings. The molecule has 1 amide bonds. The summed E-state index contributed by atoms with van der Waals surface area (Å²) in [6.45, 7) is 0. The molecule has 3 rings (SSSR count). The summed E-state index contributed by atoms with van der Waals surface area (Å²) >= 11 is 0. The van der Waals surface area contributed by atoms with Crippen molar-refractivity contribution in [3.8, 4) is 22.9 Å². The van der Waals surface area contributed by atoms with Crippen molar-refractivity contribution in [2.75, 3.05) is 26.6 Å². The monoisotopic (exact) mass is 421 g/mol. The Balaban J connectivity index is 1.84. The van der Waals surface area contributed by atoms with E-state index in [0.717, 1.165) is 12.1 Å². The molecule has 0 atom stereocenters. The van der Waals surface area contributed by atoms with Crippen molar-refractivity contribution in [3.63, 3.8) is 0 Å². The third kappa shape index (κ3) is 4.32. The minimum Gasteiger partial charge on any atom is -0.493 e. The molecule has 0 radical (unpaired) electrons. The van der Waals surface area contributed by atoms with Crippen LogP contribution in [0.1, 0.15) is 15.9 Å². The van der Waals surface area contributed by atoms with Crippen LogP contribution in [0.15, 0.2) is 48.7 Å². The van der Waals surface area contributed by atoms with Gasteiger partial charge in [0.15, 0.2) is 17.3 Å². The molecule has 3 aromatic rings. The zero-order valence-electron chi connectivity index (χ0n) is 16.3. The summed E-state index contributed by atoms with van der Waals surface area (Å²) in [6, 6.07) is 9.12. The lowest BCUT2D eigenvalue weighted by Gasteiger charge is -2.13. The van der Waals surface area contributed by atoms with Crippen LogP contribution in [0.5, 0.6) is 17.2 Å². The van der Waals surface area contributed by atoms with Crippen molar-refractivity contribution >= 4 is 11.7 Å². The maximum absolute atomic E-state index is 12.9. The molecule has 30 heavy (non-hydrogen) atoms. The van der Waals surface area contributed by atoms with E-state index < -0.39 is 17.6 Å². The first-order valence-corrected chi connectivity index (χ1v) is 8.61. The van der Waals surface area contributed by atoms with Crippen LogP contribution in [-0.4, -0.2) is 37.0 Å². The summed E-state index contributed by atoms with van der Waals surface area (Å²) in [5.41, 5.74) is -0.366. The topological polar surface area (TPSA) is 74.6 Å². The van der Waals surface area contributed by atoms with Gasteiger partial charge < -0.3 is 19.5 Å². The predicted octanol–water partition coefficient (Wildman–Crippen LogP) is 4.17. The second-order valence-corrected chi connectivity index (χ2v) is 6.06. The van der Waals surface area contributed by atoms with Crippen molar-refractivity contribution in [2.45, 2.75) is 6.18 Å². The third-order valence-corrected chi connectivity index (χ3v) is 4.20. The average molecular weight is 421 g/mol. The Kier molecular flexibility index (Phi) is 5.86. The first-order valence-electron chi connectivity index (χ1n) is 8.61. The summed E-state index contributed by atoms with van der Waals surface area (Å²) in [4.78, 5) is 12.6. The molecule has 0 unspecified atom stereocenters. The number of ether oxygens (including phenoxy) is 3. The maximum atomic E-state index is 12.9. The third-order valence-electron chi connectivity index (χ3n) is 4.20. The van der Waals surface area contributed by atoms with Crippen molar-refractivity contribution < 1.29 is 32.2 Å². The fourth-order valence-electron chi connectivity index (χ4n) is 2.76. The number of amides is 1. The summed E-state index contributed by atoms with van der Waals surface area (Å²) in [6.07, 6.45) is -3.02. The highest BCUT2D eigenvalue weighted by atomic mass is 19.4. The Morgan fingerprint density at radius 1 is 1.00 bits per heavy atom. The van der Waals surface area contributed by atoms with E-state index in [1.165, 1.54) is 62.5 Å². The van der Waals surface area contributed by atoms with E-state index >= 15 is 0 Å². The molecule has 10 heteroatoms. The second-order valence-electron chi connectivity index (χ2n) is 6.06. The molecule has 0 bridgehead atoms. The standard InChI is InChI=1S/C20H18F3N3O4/c1-28-15-9-12(10-16(29-2)18(15)30-3)19(27)24-17-7-8-26(25-17)14-6-4-5-13(11-14)20(21,22)23/h4-11H,1-3H3,(H,24,25,27). The Hall–Kier alpha value is -3.69. The number of aromatic nitrogens is 2. The molecular formula is C20H18F3N3O4. The highest BCUT2D eigenvalue weighted by Crippen LogP contribution is 2.38. The van der Waals surface area contributed by atoms with Gasteiger partial charge in [-0.15, -0.1) is 0 Å². The smallest absolute Gasteiger partial charge is 0.416 e. The first kappa shape index (κ1) is 21.0. The lowest BCUT2D eigenvalue weighted by molar-refractivity contribution is -0.137. The highest BCUT2D eigenvalue weighted by molar-refractivity contribution is 6.04. The normalized spacial score (nSPS) is 11.1. The summed E-state index contributed by atoms with van der Waals surface area (Å²) in [7, 11) is 4.30. The molecule has 0 fully saturated rings. The van der Waals surface area contributed by atoms with Crippen LogP contribution in [0.2, 0.25) is 0 Å². The number of carbonyl (C=O) groups excluding carboxylic acids is 1. The van der Waals surface area contributed by atoms with Gasteiger partial charge in [0.05, 0.1) is 32.6 Å². The largest absolute Gasteiger partial charge is 0.493 e. The van der Waals surface area contributed by atoms with Crippen LogP contribution in [-0.2, 0) is 6.18 Å². The summed E-state index contributed by atoms with van der Waals surface area (Å²) in [5, 5.41) is 6.71. The molecular weight excluding hydrogens is 403 g/mol. The first-order chi connectivity index (χ1) is 14.3. The van der Waals surface area contributed by atoms with Gasteiger partial charge in [-0.1, -0.05) is 6.07 Å². The van der Waals surface area contributed by atoms with Crippen LogP contribution in [0.4, 0.5) is 19.0 Å². The Labute approximate surface area is 170 Å². The van der Waals surface area contributed by atoms with E-state index in [1.54, 1.807) is 0 Å². The SMILES string of the molecule is COc1cc(C(=O)Nc2ccn(-c3cccc(C(F)(F)F)c3)n2)cc(OC)c1OC. The quantitative estimate of drug-likeness (QED) is 0.647. The van der Waals surface area contributed by atoms with Crippen LogP contribution >= 0.6 is 0 Å². The fraction of sp³-hybridized carbons (Fsp3) is 0.200. The van der Waals surface area contributed by atoms with Gasteiger partial charge in [0, 0.05) is 17.8 Å². The summed E-state index contributed by atoms with van der Waals surface area (Å²) in [5.74, 6) is 0.591. The van der Waals surface area contributed by atoms with Crippen molar-refractivity contribution in [2.24, 2.45) is 0 Å². The van der Waals surface area contributed by atoms with Gasteiger partial charge in [0.25, 0.3) is 5.91 Å². The van der Waals surface area contributed by atoms with Crippen LogP contribution < -0.4 is 19.5 Å². The van der Waals surface area contributed by atoms with E-state index in [1.807, 2.05) is 0 Å². The van der Waals surface area contributed by atoms with Gasteiger partial charge in [0.1, 0.15) is 0 Å². The zero-order chi connectivity index (χ0) is 21.9. The number of nitrogens with zero attached hydrogens (tertiary/aromatic N) is 2. The predicted molar refractivity (Wildman–Crippen MR) is 103 cm³/mol. The number of hydrogen-bond acceptors (Lipinski definition) is 5. The lowest BCUT2D eigenvalue weighted by atomic mass is 10.1. The van der Waals surface area contributed by atoms with Crippen molar-refractivity contribution in [1.29, 1.82) is 0 Å². The van der Waals surface area contributed by atoms with Crippen molar-refractivity contribution in [3.05, 3.63) is 59.8 Å². The molecule has 2 aromatic carbocycles. The van der Waals surface area contributed by atoms with E-state index in [2.05, 4.69) is 10.4 Å². The number of halogens is 3. The van der Waals surface area contributed by atoms with Gasteiger partial charge in [-0.3, -0.25) is 4.79 Å². The molecule has 1 aromatic heterocycles. The van der Waals surface area contributed by atoms with Crippen LogP contribution in [0.3, 0.4) is 0 Å². The number of nitrogens with one attached hydrogen (secondary N) is 1. The molecule has 1 N–H and O–H groups in total. The number of methoxy groups -OCH3 is 3. The van der Waals surface area contributed by atoms with E-state index in [-0.39, 0.29) is 17.1 Å². The Bertz CT molecular complexity index is 1040. The maximum Gasteiger partial charge on any atom is 0.416 e. The van der Waals surface area contributed by atoms with Gasteiger partial charge in [-0.05, 0) is 30.3 Å². The van der Waals surface area contributed by atoms with Crippen LogP contribution in [0, 0.1) is 0 Å². The molecule has 0 spiro atoms. The number of rotatable bonds is 6. The van der Waals surface area contributed by atoms with Gasteiger partial charge >= 0.3 is 6.18 Å². The van der Waals surface area contributed by atoms with Gasteiger partial charge in [-0.25, -0.2) is 4.68 Å². The van der Waals surface area contributed by atoms with Crippen LogP contribution in [0.25, 0.3) is 5.69 Å². The van der Waals surface area contributed by atoms with E-state index in [4.69, 9.17) is 14.2 Å². The molecule has 1 heterocycles. The lowest BCUT2D eigenvalue weighted by Crippen LogP contribution is -2.13. The zero-order valence-corrected chi connectivity index (χ0v) is 16.3. The molecule has 0 aliphatic carbocycles. The Morgan fingerprint density at radius 3 is 2.23 bits per heavy atom. The number of anilines is 1. The molecule has 0 saturated heterocycles. The fourth-order valence-corrected chi connectivity index (χ4v) is 2.76. The van der Waals surface area contributed by atoms with E-state index in [0.29, 0.717) is 17.2 Å². The molecule has 7 nitrogen and oxygen atoms in total. The number of carbonyl (C=O) groups is 1. The molecule has 0 saturated carbocycles. The van der Waals surface area contributed by atoms with E-state index in [9.17, 15) is 18.0 Å². The Morgan fingerprint density at radius 2 is 1.67 bits per heavy atom. The van der Waals surface area contributed by atoms with Gasteiger partial charge in [-0.2, -0.15) is 18.3 Å². The van der Waals surface area contributed by atoms with Crippen molar-refractivity contribution in [1.82, 2.24) is 9.78 Å². The average Bonchev–Trinajstić information content (AvgIpc) is 3.20. The minimum atomic E-state index is -4.47. The number of benzene rings is 2. The highest BCUT2D eigenvalue weighted by Gasteiger charge is 2.30. The number of hydrogen-bond donors (Lipinski definition) is 1. The van der Waals surface area contributed by atoms with Gasteiger partial charge in [0.2, 0.25) is 5.75 Å².